The third-order valence-corrected chi connectivity index (χ3v) is 4.92. The number of benzene rings is 1. The Kier molecular flexibility index (Phi) is 2.05. The van der Waals surface area contributed by atoms with Gasteiger partial charge in [0.1, 0.15) is 5.75 Å². The molecule has 3 heteroatoms. The normalized spacial score (nSPS) is 16.5. The highest BCUT2D eigenvalue weighted by Crippen LogP contribution is 2.49. The second-order valence-corrected chi connectivity index (χ2v) is 5.90. The van der Waals surface area contributed by atoms with Crippen LogP contribution in [0.3, 0.4) is 0 Å². The van der Waals surface area contributed by atoms with Gasteiger partial charge < -0.3 is 10.0 Å². The van der Waals surface area contributed by atoms with Gasteiger partial charge in [-0.3, -0.25) is 0 Å². The Balaban J connectivity index is 2.35. The minimum Gasteiger partial charge on any atom is -0.508 e. The van der Waals surface area contributed by atoms with Crippen LogP contribution in [0.1, 0.15) is 18.7 Å². The molecular formula is C14H15NOS. The molecule has 0 saturated carbocycles. The number of aromatic hydroxyl groups is 1. The summed E-state index contributed by atoms with van der Waals surface area (Å²) >= 11 is 1.80. The summed E-state index contributed by atoms with van der Waals surface area (Å²) in [5.74, 6) is 0.324. The smallest absolute Gasteiger partial charge is 0.117 e. The summed E-state index contributed by atoms with van der Waals surface area (Å²) in [4.78, 5) is 3.62. The van der Waals surface area contributed by atoms with Gasteiger partial charge in [0.15, 0.2) is 0 Å². The molecule has 0 unspecified atom stereocenters. The Morgan fingerprint density at radius 2 is 1.94 bits per heavy atom. The van der Waals surface area contributed by atoms with Crippen LogP contribution < -0.4 is 4.90 Å². The number of hydrogen-bond acceptors (Lipinski definition) is 3. The van der Waals surface area contributed by atoms with Gasteiger partial charge in [-0.15, -0.1) is 11.3 Å². The van der Waals surface area contributed by atoms with E-state index < -0.39 is 0 Å². The minimum atomic E-state index is -0.0235. The second kappa shape index (κ2) is 3.26. The zero-order chi connectivity index (χ0) is 12.2. The molecule has 1 aliphatic heterocycles. The van der Waals surface area contributed by atoms with Crippen LogP contribution in [0, 0.1) is 0 Å². The van der Waals surface area contributed by atoms with Gasteiger partial charge >= 0.3 is 0 Å². The fraction of sp³-hybridized carbons (Fsp3) is 0.286. The number of phenolic OH excluding ortho intramolecular Hbond substituents is 1. The van der Waals surface area contributed by atoms with E-state index in [1.807, 2.05) is 12.1 Å². The molecule has 2 heterocycles. The highest BCUT2D eigenvalue weighted by atomic mass is 32.1. The van der Waals surface area contributed by atoms with Crippen molar-refractivity contribution in [3.8, 4) is 16.9 Å². The molecule has 0 aliphatic carbocycles. The maximum Gasteiger partial charge on any atom is 0.117 e. The van der Waals surface area contributed by atoms with E-state index in [9.17, 15) is 5.11 Å². The van der Waals surface area contributed by atoms with Gasteiger partial charge in [-0.05, 0) is 37.4 Å². The molecule has 1 aromatic carbocycles. The molecule has 0 atom stereocenters. The molecule has 2 aromatic rings. The summed E-state index contributed by atoms with van der Waals surface area (Å²) in [6.45, 7) is 4.44. The molecule has 0 bridgehead atoms. The predicted molar refractivity (Wildman–Crippen MR) is 72.8 cm³/mol. The molecule has 2 nitrogen and oxygen atoms in total. The van der Waals surface area contributed by atoms with E-state index in [0.29, 0.717) is 5.75 Å². The molecule has 0 amide bonds. The second-order valence-electron chi connectivity index (χ2n) is 4.98. The molecule has 17 heavy (non-hydrogen) atoms. The lowest BCUT2D eigenvalue weighted by atomic mass is 9.87. The third-order valence-electron chi connectivity index (χ3n) is 3.69. The SMILES string of the molecule is CN1c2cc(O)ccc2-c2ccsc2C1(C)C. The lowest BCUT2D eigenvalue weighted by Crippen LogP contribution is -2.40. The number of hydrogen-bond donors (Lipinski definition) is 1. The van der Waals surface area contributed by atoms with Gasteiger partial charge in [-0.1, -0.05) is 0 Å². The average molecular weight is 245 g/mol. The Bertz CT molecular complexity index is 586. The van der Waals surface area contributed by atoms with Gasteiger partial charge in [0.05, 0.1) is 5.54 Å². The van der Waals surface area contributed by atoms with Crippen molar-refractivity contribution in [3.05, 3.63) is 34.5 Å². The van der Waals surface area contributed by atoms with Gasteiger partial charge in [0.25, 0.3) is 0 Å². The maximum atomic E-state index is 9.65. The summed E-state index contributed by atoms with van der Waals surface area (Å²) in [5.41, 5.74) is 3.58. The van der Waals surface area contributed by atoms with E-state index in [1.165, 1.54) is 16.0 Å². The van der Waals surface area contributed by atoms with Crippen LogP contribution >= 0.6 is 11.3 Å². The van der Waals surface area contributed by atoms with Crippen LogP contribution in [0.15, 0.2) is 29.6 Å². The Hall–Kier alpha value is -1.48. The van der Waals surface area contributed by atoms with Crippen LogP contribution in [-0.2, 0) is 5.54 Å². The lowest BCUT2D eigenvalue weighted by Gasteiger charge is -2.42. The van der Waals surface area contributed by atoms with E-state index in [2.05, 4.69) is 37.2 Å². The Morgan fingerprint density at radius 1 is 1.18 bits per heavy atom. The standard InChI is InChI=1S/C14H15NOS/c1-14(2)13-11(6-7-17-13)10-5-4-9(16)8-12(10)15(14)3/h4-8,16H,1-3H3. The Morgan fingerprint density at radius 3 is 2.71 bits per heavy atom. The van der Waals surface area contributed by atoms with Crippen molar-refractivity contribution < 1.29 is 5.11 Å². The first-order valence-electron chi connectivity index (χ1n) is 5.67. The topological polar surface area (TPSA) is 23.5 Å². The van der Waals surface area contributed by atoms with E-state index in [4.69, 9.17) is 0 Å². The van der Waals surface area contributed by atoms with Gasteiger partial charge in [-0.2, -0.15) is 0 Å². The fourth-order valence-electron chi connectivity index (χ4n) is 2.47. The van der Waals surface area contributed by atoms with Crippen molar-refractivity contribution in [2.24, 2.45) is 0 Å². The fourth-order valence-corrected chi connectivity index (χ4v) is 3.54. The average Bonchev–Trinajstić information content (AvgIpc) is 2.76. The van der Waals surface area contributed by atoms with Crippen molar-refractivity contribution in [3.63, 3.8) is 0 Å². The lowest BCUT2D eigenvalue weighted by molar-refractivity contribution is 0.473. The van der Waals surface area contributed by atoms with Crippen LogP contribution in [-0.4, -0.2) is 12.2 Å². The summed E-state index contributed by atoms with van der Waals surface area (Å²) < 4.78 is 0. The van der Waals surface area contributed by atoms with Crippen LogP contribution in [0.5, 0.6) is 5.75 Å². The number of anilines is 1. The highest BCUT2D eigenvalue weighted by molar-refractivity contribution is 7.10. The van der Waals surface area contributed by atoms with Gasteiger partial charge in [0, 0.05) is 34.8 Å². The number of nitrogens with zero attached hydrogens (tertiary/aromatic N) is 1. The van der Waals surface area contributed by atoms with Gasteiger partial charge in [-0.25, -0.2) is 0 Å². The minimum absolute atomic E-state index is 0.0235. The third kappa shape index (κ3) is 1.32. The quantitative estimate of drug-likeness (QED) is 0.763. The van der Waals surface area contributed by atoms with Crippen molar-refractivity contribution in [1.82, 2.24) is 0 Å². The summed E-state index contributed by atoms with van der Waals surface area (Å²) in [5, 5.41) is 11.8. The zero-order valence-corrected chi connectivity index (χ0v) is 11.0. The van der Waals surface area contributed by atoms with E-state index in [0.717, 1.165) is 5.69 Å². The Labute approximate surface area is 105 Å². The molecule has 0 fully saturated rings. The molecule has 0 spiro atoms. The van der Waals surface area contributed by atoms with Gasteiger partial charge in [0.2, 0.25) is 0 Å². The number of thiophene rings is 1. The van der Waals surface area contributed by atoms with Crippen molar-refractivity contribution in [2.45, 2.75) is 19.4 Å². The maximum absolute atomic E-state index is 9.65. The summed E-state index contributed by atoms with van der Waals surface area (Å²) in [6.07, 6.45) is 0. The first-order chi connectivity index (χ1) is 8.01. The number of fused-ring (bicyclic) bond motifs is 3. The first-order valence-corrected chi connectivity index (χ1v) is 6.55. The van der Waals surface area contributed by atoms with Crippen molar-refractivity contribution in [2.75, 3.05) is 11.9 Å². The van der Waals surface area contributed by atoms with Crippen molar-refractivity contribution >= 4 is 17.0 Å². The molecule has 0 saturated heterocycles. The van der Waals surface area contributed by atoms with E-state index >= 15 is 0 Å². The number of phenols is 1. The van der Waals surface area contributed by atoms with Crippen LogP contribution in [0.2, 0.25) is 0 Å². The van der Waals surface area contributed by atoms with Crippen LogP contribution in [0.4, 0.5) is 5.69 Å². The first kappa shape index (κ1) is 10.7. The summed E-state index contributed by atoms with van der Waals surface area (Å²) in [7, 11) is 2.08. The monoisotopic (exact) mass is 245 g/mol. The molecule has 3 rings (SSSR count). The molecule has 0 radical (unpaired) electrons. The molecule has 88 valence electrons. The molecule has 1 aromatic heterocycles. The predicted octanol–water partition coefficient (Wildman–Crippen LogP) is 3.81. The van der Waals surface area contributed by atoms with E-state index in [-0.39, 0.29) is 5.54 Å². The van der Waals surface area contributed by atoms with Crippen molar-refractivity contribution in [1.29, 1.82) is 0 Å². The number of rotatable bonds is 0. The summed E-state index contributed by atoms with van der Waals surface area (Å²) in [6, 6.07) is 7.77. The molecular weight excluding hydrogens is 230 g/mol. The highest BCUT2D eigenvalue weighted by Gasteiger charge is 2.36. The molecule has 1 aliphatic rings. The van der Waals surface area contributed by atoms with E-state index in [1.54, 1.807) is 17.4 Å². The molecule has 1 N–H and O–H groups in total. The largest absolute Gasteiger partial charge is 0.508 e. The van der Waals surface area contributed by atoms with Crippen LogP contribution in [0.25, 0.3) is 11.1 Å². The zero-order valence-electron chi connectivity index (χ0n) is 10.2.